The maximum absolute atomic E-state index is 12.1. The Balaban J connectivity index is 2.83. The molecule has 0 unspecified atom stereocenters. The van der Waals surface area contributed by atoms with Crippen molar-refractivity contribution >= 4 is 21.6 Å². The molecular formula is C9H9ClF3NO3S. The lowest BCUT2D eigenvalue weighted by Crippen LogP contribution is -2.25. The van der Waals surface area contributed by atoms with Crippen molar-refractivity contribution in [2.75, 3.05) is 5.21 Å². The van der Waals surface area contributed by atoms with Gasteiger partial charge in [0.1, 0.15) is 11.0 Å². The van der Waals surface area contributed by atoms with Crippen LogP contribution in [-0.2, 0) is 16.6 Å². The molecule has 9 heteroatoms. The predicted octanol–water partition coefficient (Wildman–Crippen LogP) is 2.20. The van der Waals surface area contributed by atoms with Crippen molar-refractivity contribution in [2.24, 2.45) is 0 Å². The Bertz CT molecular complexity index is 504. The standard InChI is InChI=1S/C9H9ClF3NO3S/c10-6-18(15,16)14-5-7-3-1-2-4-8(7)17-9(11,12)13/h1-4,14H,5-6H2. The van der Waals surface area contributed by atoms with E-state index >= 15 is 0 Å². The molecule has 0 aliphatic rings. The summed E-state index contributed by atoms with van der Waals surface area (Å²) in [5, 5.41) is -0.671. The van der Waals surface area contributed by atoms with Gasteiger partial charge in [0.2, 0.25) is 10.0 Å². The fourth-order valence-corrected chi connectivity index (χ4v) is 1.78. The van der Waals surface area contributed by atoms with Crippen molar-refractivity contribution in [2.45, 2.75) is 12.9 Å². The highest BCUT2D eigenvalue weighted by atomic mass is 35.5. The number of rotatable bonds is 5. The Labute approximate surface area is 107 Å². The van der Waals surface area contributed by atoms with E-state index < -0.39 is 27.3 Å². The topological polar surface area (TPSA) is 55.4 Å². The molecule has 4 nitrogen and oxygen atoms in total. The van der Waals surface area contributed by atoms with Crippen molar-refractivity contribution in [3.63, 3.8) is 0 Å². The molecule has 0 aromatic heterocycles. The Kier molecular flexibility index (Phi) is 4.83. The van der Waals surface area contributed by atoms with Gasteiger partial charge in [-0.15, -0.1) is 24.8 Å². The molecule has 18 heavy (non-hydrogen) atoms. The summed E-state index contributed by atoms with van der Waals surface area (Å²) >= 11 is 5.14. The number of hydrogen-bond acceptors (Lipinski definition) is 3. The van der Waals surface area contributed by atoms with Gasteiger partial charge in [0.25, 0.3) is 0 Å². The minimum atomic E-state index is -4.83. The second-order valence-electron chi connectivity index (χ2n) is 3.20. The first-order valence-electron chi connectivity index (χ1n) is 4.60. The van der Waals surface area contributed by atoms with E-state index in [0.717, 1.165) is 6.07 Å². The van der Waals surface area contributed by atoms with Crippen LogP contribution in [0.5, 0.6) is 5.75 Å². The van der Waals surface area contributed by atoms with E-state index in [0.29, 0.717) is 0 Å². The molecule has 1 rings (SSSR count). The van der Waals surface area contributed by atoms with Crippen LogP contribution in [-0.4, -0.2) is 20.0 Å². The van der Waals surface area contributed by atoms with Gasteiger partial charge < -0.3 is 4.74 Å². The zero-order chi connectivity index (χ0) is 13.8. The molecule has 0 heterocycles. The van der Waals surface area contributed by atoms with E-state index in [2.05, 4.69) is 4.74 Å². The number of nitrogens with one attached hydrogen (secondary N) is 1. The Morgan fingerprint density at radius 1 is 1.28 bits per heavy atom. The zero-order valence-electron chi connectivity index (χ0n) is 8.87. The molecule has 0 saturated heterocycles. The van der Waals surface area contributed by atoms with Gasteiger partial charge in [-0.25, -0.2) is 13.1 Å². The summed E-state index contributed by atoms with van der Waals surface area (Å²) in [7, 11) is -3.70. The summed E-state index contributed by atoms with van der Waals surface area (Å²) in [6.07, 6.45) is -4.83. The van der Waals surface area contributed by atoms with Crippen LogP contribution in [0.1, 0.15) is 5.56 Å². The van der Waals surface area contributed by atoms with E-state index in [-0.39, 0.29) is 12.1 Å². The van der Waals surface area contributed by atoms with Crippen LogP contribution in [0.25, 0.3) is 0 Å². The summed E-state index contributed by atoms with van der Waals surface area (Å²) in [6.45, 7) is -0.332. The SMILES string of the molecule is O=S(=O)(CCl)NCc1ccccc1OC(F)(F)F. The third kappa shape index (κ3) is 5.11. The molecule has 1 N–H and O–H groups in total. The molecular weight excluding hydrogens is 295 g/mol. The first kappa shape index (κ1) is 15.1. The maximum atomic E-state index is 12.1. The highest BCUT2D eigenvalue weighted by Gasteiger charge is 2.32. The van der Waals surface area contributed by atoms with Crippen molar-refractivity contribution in [3.05, 3.63) is 29.8 Å². The highest BCUT2D eigenvalue weighted by molar-refractivity contribution is 7.90. The molecule has 102 valence electrons. The Morgan fingerprint density at radius 3 is 2.44 bits per heavy atom. The van der Waals surface area contributed by atoms with E-state index in [1.54, 1.807) is 0 Å². The van der Waals surface area contributed by atoms with Crippen molar-refractivity contribution in [1.82, 2.24) is 4.72 Å². The number of halogens is 4. The molecule has 0 fully saturated rings. The first-order chi connectivity index (χ1) is 8.23. The minimum Gasteiger partial charge on any atom is -0.405 e. The molecule has 1 aromatic rings. The van der Waals surface area contributed by atoms with Crippen LogP contribution >= 0.6 is 11.6 Å². The van der Waals surface area contributed by atoms with Gasteiger partial charge in [-0.1, -0.05) is 18.2 Å². The molecule has 0 amide bonds. The average Bonchev–Trinajstić information content (AvgIpc) is 2.26. The first-order valence-corrected chi connectivity index (χ1v) is 6.79. The van der Waals surface area contributed by atoms with Gasteiger partial charge in [0.15, 0.2) is 0 Å². The molecule has 0 bridgehead atoms. The quantitative estimate of drug-likeness (QED) is 0.849. The summed E-state index contributed by atoms with van der Waals surface area (Å²) < 4.78 is 64.2. The molecule has 0 atom stereocenters. The number of sulfonamides is 1. The normalized spacial score (nSPS) is 12.4. The summed E-state index contributed by atoms with van der Waals surface area (Å²) in [5.74, 6) is -0.456. The van der Waals surface area contributed by atoms with Gasteiger partial charge in [0, 0.05) is 12.1 Å². The molecule has 0 radical (unpaired) electrons. The van der Waals surface area contributed by atoms with Crippen LogP contribution in [0, 0.1) is 0 Å². The van der Waals surface area contributed by atoms with Gasteiger partial charge in [-0.05, 0) is 6.07 Å². The Hall–Kier alpha value is -0.990. The Morgan fingerprint density at radius 2 is 1.89 bits per heavy atom. The second kappa shape index (κ2) is 5.77. The number of para-hydroxylation sites is 1. The molecule has 0 aliphatic carbocycles. The second-order valence-corrected chi connectivity index (χ2v) is 5.59. The zero-order valence-corrected chi connectivity index (χ0v) is 10.4. The predicted molar refractivity (Wildman–Crippen MR) is 59.6 cm³/mol. The number of hydrogen-bond donors (Lipinski definition) is 1. The highest BCUT2D eigenvalue weighted by Crippen LogP contribution is 2.26. The molecule has 0 saturated carbocycles. The van der Waals surface area contributed by atoms with Gasteiger partial charge in [-0.2, -0.15) is 0 Å². The van der Waals surface area contributed by atoms with Gasteiger partial charge in [0.05, 0.1) is 0 Å². The van der Waals surface area contributed by atoms with Crippen LogP contribution in [0.4, 0.5) is 13.2 Å². The largest absolute Gasteiger partial charge is 0.573 e. The number of alkyl halides is 4. The lowest BCUT2D eigenvalue weighted by molar-refractivity contribution is -0.274. The van der Waals surface area contributed by atoms with Crippen LogP contribution in [0.15, 0.2) is 24.3 Å². The average molecular weight is 304 g/mol. The minimum absolute atomic E-state index is 0.0588. The molecule has 1 aromatic carbocycles. The van der Waals surface area contributed by atoms with Crippen molar-refractivity contribution in [1.29, 1.82) is 0 Å². The van der Waals surface area contributed by atoms with E-state index in [9.17, 15) is 21.6 Å². The van der Waals surface area contributed by atoms with Gasteiger partial charge >= 0.3 is 6.36 Å². The van der Waals surface area contributed by atoms with E-state index in [1.807, 2.05) is 4.72 Å². The van der Waals surface area contributed by atoms with Crippen molar-refractivity contribution in [3.8, 4) is 5.75 Å². The summed E-state index contributed by atoms with van der Waals surface area (Å²) in [4.78, 5) is 0. The maximum Gasteiger partial charge on any atom is 0.573 e. The van der Waals surface area contributed by atoms with Crippen LogP contribution < -0.4 is 9.46 Å². The molecule has 0 spiro atoms. The van der Waals surface area contributed by atoms with Crippen molar-refractivity contribution < 1.29 is 26.3 Å². The fraction of sp³-hybridized carbons (Fsp3) is 0.333. The number of ether oxygens (including phenoxy) is 1. The van der Waals surface area contributed by atoms with E-state index in [1.165, 1.54) is 18.2 Å². The fourth-order valence-electron chi connectivity index (χ4n) is 1.10. The summed E-state index contributed by atoms with van der Waals surface area (Å²) in [5.41, 5.74) is 0.0588. The number of benzene rings is 1. The van der Waals surface area contributed by atoms with Crippen LogP contribution in [0.2, 0.25) is 0 Å². The smallest absolute Gasteiger partial charge is 0.405 e. The monoisotopic (exact) mass is 303 g/mol. The third-order valence-electron chi connectivity index (χ3n) is 1.82. The van der Waals surface area contributed by atoms with Gasteiger partial charge in [-0.3, -0.25) is 0 Å². The van der Waals surface area contributed by atoms with E-state index in [4.69, 9.17) is 11.6 Å². The van der Waals surface area contributed by atoms with Crippen LogP contribution in [0.3, 0.4) is 0 Å². The third-order valence-corrected chi connectivity index (χ3v) is 3.56. The lowest BCUT2D eigenvalue weighted by Gasteiger charge is -2.13. The molecule has 0 aliphatic heterocycles. The lowest BCUT2D eigenvalue weighted by atomic mass is 10.2. The summed E-state index contributed by atoms with van der Waals surface area (Å²) in [6, 6.07) is 5.23.